The highest BCUT2D eigenvalue weighted by Gasteiger charge is 2.50. The van der Waals surface area contributed by atoms with Gasteiger partial charge in [0.15, 0.2) is 5.79 Å². The van der Waals surface area contributed by atoms with Crippen LogP contribution in [0.25, 0.3) is 0 Å². The van der Waals surface area contributed by atoms with E-state index in [1.165, 1.54) is 43.2 Å². The minimum absolute atomic E-state index is 0.447. The molecule has 1 atom stereocenters. The van der Waals surface area contributed by atoms with Gasteiger partial charge in [-0.05, 0) is 24.9 Å². The second-order valence-electron chi connectivity index (χ2n) is 6.88. The van der Waals surface area contributed by atoms with Gasteiger partial charge in [0.25, 0.3) is 0 Å². The van der Waals surface area contributed by atoms with Crippen LogP contribution in [-0.4, -0.2) is 30.7 Å². The molecule has 1 saturated carbocycles. The van der Waals surface area contributed by atoms with E-state index in [9.17, 15) is 0 Å². The van der Waals surface area contributed by atoms with E-state index in [1.807, 2.05) is 0 Å². The molecule has 1 heterocycles. The Morgan fingerprint density at radius 1 is 1.09 bits per heavy atom. The van der Waals surface area contributed by atoms with Crippen molar-refractivity contribution in [1.29, 1.82) is 0 Å². The number of hydrogen-bond donors (Lipinski definition) is 0. The molecule has 3 aliphatic rings. The molecule has 2 aliphatic carbocycles. The summed E-state index contributed by atoms with van der Waals surface area (Å²) in [5, 5.41) is 0. The molecule has 1 spiro atoms. The summed E-state index contributed by atoms with van der Waals surface area (Å²) in [6.07, 6.45) is 7.83. The van der Waals surface area contributed by atoms with Crippen LogP contribution in [-0.2, 0) is 15.3 Å². The van der Waals surface area contributed by atoms with Gasteiger partial charge in [-0.25, -0.2) is 0 Å². The van der Waals surface area contributed by atoms with E-state index < -0.39 is 5.79 Å². The third kappa shape index (κ3) is 2.31. The molecule has 0 aromatic heterocycles. The van der Waals surface area contributed by atoms with Crippen LogP contribution in [0.2, 0.25) is 0 Å². The highest BCUT2D eigenvalue weighted by molar-refractivity contribution is 5.39. The summed E-state index contributed by atoms with van der Waals surface area (Å²) in [5.41, 5.74) is 2.70. The molecule has 1 saturated heterocycles. The zero-order chi connectivity index (χ0) is 15.0. The second kappa shape index (κ2) is 5.95. The van der Waals surface area contributed by atoms with E-state index in [0.29, 0.717) is 6.04 Å². The molecule has 0 radical (unpaired) electrons. The fourth-order valence-electron chi connectivity index (χ4n) is 4.78. The molecular formula is C19H27NO2. The molecule has 0 amide bonds. The molecule has 2 fully saturated rings. The average Bonchev–Trinajstić information content (AvgIpc) is 3.17. The van der Waals surface area contributed by atoms with Gasteiger partial charge >= 0.3 is 0 Å². The molecule has 0 N–H and O–H groups in total. The predicted octanol–water partition coefficient (Wildman–Crippen LogP) is 3.99. The van der Waals surface area contributed by atoms with Crippen molar-refractivity contribution in [3.8, 4) is 0 Å². The van der Waals surface area contributed by atoms with Crippen molar-refractivity contribution in [2.75, 3.05) is 19.8 Å². The molecule has 3 nitrogen and oxygen atoms in total. The third-order valence-electron chi connectivity index (χ3n) is 5.76. The lowest BCUT2D eigenvalue weighted by Gasteiger charge is -2.38. The summed E-state index contributed by atoms with van der Waals surface area (Å²) < 4.78 is 12.2. The van der Waals surface area contributed by atoms with Crippen molar-refractivity contribution in [1.82, 2.24) is 4.90 Å². The Morgan fingerprint density at radius 3 is 2.55 bits per heavy atom. The van der Waals surface area contributed by atoms with Gasteiger partial charge in [0.1, 0.15) is 0 Å². The second-order valence-corrected chi connectivity index (χ2v) is 6.88. The quantitative estimate of drug-likeness (QED) is 0.842. The molecule has 3 heteroatoms. The highest BCUT2D eigenvalue weighted by atomic mass is 16.7. The van der Waals surface area contributed by atoms with E-state index in [-0.39, 0.29) is 0 Å². The summed E-state index contributed by atoms with van der Waals surface area (Å²) in [6, 6.07) is 9.94. The molecular weight excluding hydrogens is 274 g/mol. The topological polar surface area (TPSA) is 21.7 Å². The van der Waals surface area contributed by atoms with Gasteiger partial charge in [-0.1, -0.05) is 50.5 Å². The maximum atomic E-state index is 6.09. The molecule has 1 aliphatic heterocycles. The van der Waals surface area contributed by atoms with Crippen molar-refractivity contribution >= 4 is 0 Å². The first-order valence-electron chi connectivity index (χ1n) is 8.97. The number of ether oxygens (including phenoxy) is 2. The van der Waals surface area contributed by atoms with Crippen molar-refractivity contribution in [3.63, 3.8) is 0 Å². The molecule has 0 bridgehead atoms. The largest absolute Gasteiger partial charge is 0.343 e. The van der Waals surface area contributed by atoms with Gasteiger partial charge in [-0.2, -0.15) is 0 Å². The molecule has 1 aromatic carbocycles. The zero-order valence-corrected chi connectivity index (χ0v) is 13.6. The minimum Gasteiger partial charge on any atom is -0.343 e. The van der Waals surface area contributed by atoms with Crippen LogP contribution in [0.1, 0.15) is 62.6 Å². The van der Waals surface area contributed by atoms with Gasteiger partial charge in [0.05, 0.1) is 13.2 Å². The number of fused-ring (bicyclic) bond motifs is 2. The van der Waals surface area contributed by atoms with Crippen molar-refractivity contribution in [3.05, 3.63) is 35.4 Å². The summed E-state index contributed by atoms with van der Waals surface area (Å²) in [7, 11) is 0. The molecule has 4 rings (SSSR count). The van der Waals surface area contributed by atoms with Gasteiger partial charge in [-0.3, -0.25) is 4.90 Å². The summed E-state index contributed by atoms with van der Waals surface area (Å²) >= 11 is 0. The maximum absolute atomic E-state index is 6.09. The predicted molar refractivity (Wildman–Crippen MR) is 86.6 cm³/mol. The summed E-state index contributed by atoms with van der Waals surface area (Å²) in [4.78, 5) is 2.72. The van der Waals surface area contributed by atoms with Crippen molar-refractivity contribution in [2.24, 2.45) is 0 Å². The van der Waals surface area contributed by atoms with Crippen LogP contribution < -0.4 is 0 Å². The van der Waals surface area contributed by atoms with E-state index in [2.05, 4.69) is 36.1 Å². The van der Waals surface area contributed by atoms with Crippen LogP contribution in [0, 0.1) is 0 Å². The maximum Gasteiger partial charge on any atom is 0.197 e. The first-order valence-corrected chi connectivity index (χ1v) is 8.97. The lowest BCUT2D eigenvalue weighted by Crippen LogP contribution is -2.39. The Balaban J connectivity index is 1.66. The van der Waals surface area contributed by atoms with E-state index in [4.69, 9.17) is 9.47 Å². The van der Waals surface area contributed by atoms with Crippen LogP contribution in [0.4, 0.5) is 0 Å². The Hall–Kier alpha value is -0.900. The smallest absolute Gasteiger partial charge is 0.197 e. The van der Waals surface area contributed by atoms with Crippen LogP contribution >= 0.6 is 0 Å². The normalized spacial score (nSPS) is 27.6. The van der Waals surface area contributed by atoms with Gasteiger partial charge < -0.3 is 9.47 Å². The van der Waals surface area contributed by atoms with Gasteiger partial charge in [0.2, 0.25) is 0 Å². The standard InChI is InChI=1S/C19H27NO2/c1-2-20(15-8-4-3-5-9-15)18-14-19(21-12-13-22-19)17-11-7-6-10-16(17)18/h6-7,10-11,15,18H,2-5,8-9,12-14H2,1H3. The van der Waals surface area contributed by atoms with Crippen LogP contribution in [0.5, 0.6) is 0 Å². The van der Waals surface area contributed by atoms with Crippen molar-refractivity contribution < 1.29 is 9.47 Å². The molecule has 120 valence electrons. The van der Waals surface area contributed by atoms with E-state index >= 15 is 0 Å². The van der Waals surface area contributed by atoms with Crippen LogP contribution in [0.3, 0.4) is 0 Å². The molecule has 1 aromatic rings. The number of hydrogen-bond acceptors (Lipinski definition) is 3. The monoisotopic (exact) mass is 301 g/mol. The first kappa shape index (κ1) is 14.7. The van der Waals surface area contributed by atoms with Gasteiger partial charge in [-0.15, -0.1) is 0 Å². The Bertz CT molecular complexity index is 518. The Labute approximate surface area is 133 Å². The highest BCUT2D eigenvalue weighted by Crippen LogP contribution is 2.51. The zero-order valence-electron chi connectivity index (χ0n) is 13.6. The van der Waals surface area contributed by atoms with E-state index in [1.54, 1.807) is 0 Å². The summed E-state index contributed by atoms with van der Waals surface area (Å²) in [6.45, 7) is 4.85. The SMILES string of the molecule is CCN(C1CCCCC1)C1CC2(OCCO2)c2ccccc21. The molecule has 22 heavy (non-hydrogen) atoms. The lowest BCUT2D eigenvalue weighted by atomic mass is 9.92. The van der Waals surface area contributed by atoms with Gasteiger partial charge in [0, 0.05) is 24.1 Å². The number of benzene rings is 1. The fourth-order valence-corrected chi connectivity index (χ4v) is 4.78. The Morgan fingerprint density at radius 2 is 1.82 bits per heavy atom. The van der Waals surface area contributed by atoms with E-state index in [0.717, 1.165) is 32.2 Å². The van der Waals surface area contributed by atoms with Crippen LogP contribution in [0.15, 0.2) is 24.3 Å². The third-order valence-corrected chi connectivity index (χ3v) is 5.76. The fraction of sp³-hybridized carbons (Fsp3) is 0.684. The van der Waals surface area contributed by atoms with Crippen molar-refractivity contribution in [2.45, 2.75) is 63.3 Å². The minimum atomic E-state index is -0.469. The summed E-state index contributed by atoms with van der Waals surface area (Å²) in [5.74, 6) is -0.469. The number of rotatable bonds is 3. The Kier molecular flexibility index (Phi) is 3.97. The average molecular weight is 301 g/mol. The first-order chi connectivity index (χ1) is 10.8. The molecule has 1 unspecified atom stereocenters. The number of nitrogens with zero attached hydrogens (tertiary/aromatic N) is 1. The lowest BCUT2D eigenvalue weighted by molar-refractivity contribution is -0.172.